The van der Waals surface area contributed by atoms with Gasteiger partial charge in [0.15, 0.2) is 6.10 Å². The first kappa shape index (κ1) is 59.8. The number of unbranched alkanes of at least 4 members (excludes halogenated alkanes) is 13. The number of rotatable bonds is 44. The van der Waals surface area contributed by atoms with Crippen LogP contribution in [0.2, 0.25) is 0 Å². The Labute approximate surface area is 392 Å². The van der Waals surface area contributed by atoms with E-state index in [1.807, 2.05) is 6.08 Å². The molecule has 0 N–H and O–H groups in total. The van der Waals surface area contributed by atoms with Crippen molar-refractivity contribution in [2.45, 2.75) is 213 Å². The van der Waals surface area contributed by atoms with Crippen molar-refractivity contribution >= 4 is 17.9 Å². The molecule has 0 bridgehead atoms. The maximum Gasteiger partial charge on any atom is 0.306 e. The first-order valence-corrected chi connectivity index (χ1v) is 25.5. The Bertz CT molecular complexity index is 1390. The van der Waals surface area contributed by atoms with E-state index < -0.39 is 6.10 Å². The highest BCUT2D eigenvalue weighted by atomic mass is 16.6. The van der Waals surface area contributed by atoms with Crippen LogP contribution in [-0.2, 0) is 28.6 Å². The van der Waals surface area contributed by atoms with Crippen LogP contribution in [0, 0.1) is 0 Å². The summed E-state index contributed by atoms with van der Waals surface area (Å²) < 4.78 is 16.6. The summed E-state index contributed by atoms with van der Waals surface area (Å²) in [6.07, 6.45) is 70.6. The standard InChI is InChI=1S/C58H92O6/c1-4-7-10-13-16-19-22-25-27-29-31-33-36-39-42-45-48-51-57(60)63-54-55(53-62-56(59)50-47-44-41-38-35-32-24-21-18-15-12-9-6-3)64-58(61)52-49-46-43-40-37-34-30-28-26-23-20-17-14-11-8-5-2/h8,11,16-17,19-20,25-28,31-35,37,39,41-42,44,55H,4-7,9-10,12-15,18,21-24,29-30,36,38,40,43,45-54H2,1-3H3/b11-8-,19-16-,20-17-,27-25-,28-26-,33-31-,35-32-,37-34-,42-39-,44-41-. The van der Waals surface area contributed by atoms with Crippen LogP contribution in [-0.4, -0.2) is 37.2 Å². The lowest BCUT2D eigenvalue weighted by atomic mass is 10.1. The van der Waals surface area contributed by atoms with Gasteiger partial charge in [0.25, 0.3) is 0 Å². The molecule has 0 aliphatic heterocycles. The van der Waals surface area contributed by atoms with E-state index in [4.69, 9.17) is 14.2 Å². The Balaban J connectivity index is 4.62. The van der Waals surface area contributed by atoms with Crippen molar-refractivity contribution in [1.29, 1.82) is 0 Å². The molecular weight excluding hydrogens is 793 g/mol. The van der Waals surface area contributed by atoms with Gasteiger partial charge in [-0.2, -0.15) is 0 Å². The van der Waals surface area contributed by atoms with Gasteiger partial charge in [-0.05, 0) is 116 Å². The number of esters is 3. The van der Waals surface area contributed by atoms with Crippen molar-refractivity contribution in [3.05, 3.63) is 122 Å². The molecule has 0 aliphatic carbocycles. The largest absolute Gasteiger partial charge is 0.462 e. The molecule has 0 aliphatic rings. The monoisotopic (exact) mass is 885 g/mol. The van der Waals surface area contributed by atoms with E-state index in [-0.39, 0.29) is 50.4 Å². The van der Waals surface area contributed by atoms with Gasteiger partial charge in [0.1, 0.15) is 13.2 Å². The highest BCUT2D eigenvalue weighted by Gasteiger charge is 2.19. The predicted molar refractivity (Wildman–Crippen MR) is 274 cm³/mol. The minimum Gasteiger partial charge on any atom is -0.462 e. The van der Waals surface area contributed by atoms with Crippen LogP contribution in [0.3, 0.4) is 0 Å². The van der Waals surface area contributed by atoms with E-state index in [2.05, 4.69) is 136 Å². The second-order valence-corrected chi connectivity index (χ2v) is 16.3. The Morgan fingerprint density at radius 1 is 0.328 bits per heavy atom. The smallest absolute Gasteiger partial charge is 0.306 e. The Kier molecular flexibility index (Phi) is 48.1. The van der Waals surface area contributed by atoms with Gasteiger partial charge >= 0.3 is 17.9 Å². The van der Waals surface area contributed by atoms with Crippen molar-refractivity contribution in [3.8, 4) is 0 Å². The molecule has 0 amide bonds. The third kappa shape index (κ3) is 48.8. The van der Waals surface area contributed by atoms with Crippen LogP contribution in [0.5, 0.6) is 0 Å². The second kappa shape index (κ2) is 51.4. The van der Waals surface area contributed by atoms with Crippen molar-refractivity contribution in [2.24, 2.45) is 0 Å². The van der Waals surface area contributed by atoms with Crippen LogP contribution in [0.1, 0.15) is 207 Å². The molecule has 0 aromatic carbocycles. The van der Waals surface area contributed by atoms with Gasteiger partial charge in [0.2, 0.25) is 0 Å². The molecular formula is C58H92O6. The van der Waals surface area contributed by atoms with Gasteiger partial charge < -0.3 is 14.2 Å². The van der Waals surface area contributed by atoms with Gasteiger partial charge in [0.05, 0.1) is 0 Å². The number of allylic oxidation sites excluding steroid dienone is 20. The van der Waals surface area contributed by atoms with Crippen LogP contribution in [0.4, 0.5) is 0 Å². The third-order valence-corrected chi connectivity index (χ3v) is 10.2. The Morgan fingerprint density at radius 3 is 1.12 bits per heavy atom. The topological polar surface area (TPSA) is 78.9 Å². The van der Waals surface area contributed by atoms with Gasteiger partial charge in [-0.15, -0.1) is 0 Å². The Morgan fingerprint density at radius 2 is 0.656 bits per heavy atom. The zero-order valence-corrected chi connectivity index (χ0v) is 41.0. The molecule has 0 saturated carbocycles. The number of carbonyl (C=O) groups is 3. The van der Waals surface area contributed by atoms with E-state index in [0.29, 0.717) is 19.3 Å². The van der Waals surface area contributed by atoms with Crippen molar-refractivity contribution in [2.75, 3.05) is 13.2 Å². The SMILES string of the molecule is CC/C=C\C/C=C\C/C=C\C/C=C\CCCCCC(=O)OC(COC(=O)CC/C=C\C/C=C\CCCCCCCC)COC(=O)CCC/C=C\C/C=C\C/C=C\C/C=C\CCCCC. The zero-order valence-electron chi connectivity index (χ0n) is 41.0. The minimum absolute atomic E-state index is 0.140. The molecule has 0 aromatic rings. The van der Waals surface area contributed by atoms with Gasteiger partial charge in [-0.3, -0.25) is 14.4 Å². The fourth-order valence-electron chi connectivity index (χ4n) is 6.36. The summed E-state index contributed by atoms with van der Waals surface area (Å²) in [5.74, 6) is -1.10. The fraction of sp³-hybridized carbons (Fsp3) is 0.603. The molecule has 6 nitrogen and oxygen atoms in total. The molecule has 0 spiro atoms. The molecule has 64 heavy (non-hydrogen) atoms. The van der Waals surface area contributed by atoms with Crippen LogP contribution in [0.25, 0.3) is 0 Å². The van der Waals surface area contributed by atoms with Gasteiger partial charge in [0, 0.05) is 19.3 Å². The predicted octanol–water partition coefficient (Wildman–Crippen LogP) is 16.9. The number of hydrogen-bond donors (Lipinski definition) is 0. The number of carbonyl (C=O) groups excluding carboxylic acids is 3. The van der Waals surface area contributed by atoms with Crippen molar-refractivity contribution in [3.63, 3.8) is 0 Å². The fourth-order valence-corrected chi connectivity index (χ4v) is 6.36. The molecule has 0 aromatic heterocycles. The van der Waals surface area contributed by atoms with Crippen LogP contribution in [0.15, 0.2) is 122 Å². The van der Waals surface area contributed by atoms with E-state index >= 15 is 0 Å². The van der Waals surface area contributed by atoms with Crippen LogP contribution >= 0.6 is 0 Å². The molecule has 0 saturated heterocycles. The maximum absolute atomic E-state index is 12.8. The molecule has 1 unspecified atom stereocenters. The molecule has 1 atom stereocenters. The molecule has 0 radical (unpaired) electrons. The van der Waals surface area contributed by atoms with E-state index in [1.54, 1.807) is 0 Å². The minimum atomic E-state index is -0.842. The quantitative estimate of drug-likeness (QED) is 0.0262. The molecule has 0 fully saturated rings. The summed E-state index contributed by atoms with van der Waals surface area (Å²) in [6, 6.07) is 0. The second-order valence-electron chi connectivity index (χ2n) is 16.3. The lowest BCUT2D eigenvalue weighted by Crippen LogP contribution is -2.30. The average Bonchev–Trinajstić information content (AvgIpc) is 3.29. The summed E-state index contributed by atoms with van der Waals surface area (Å²) in [5, 5.41) is 0. The first-order chi connectivity index (χ1) is 31.5. The van der Waals surface area contributed by atoms with Gasteiger partial charge in [-0.1, -0.05) is 194 Å². The lowest BCUT2D eigenvalue weighted by Gasteiger charge is -2.18. The van der Waals surface area contributed by atoms with E-state index in [9.17, 15) is 14.4 Å². The Hall–Kier alpha value is -4.19. The molecule has 360 valence electrons. The average molecular weight is 885 g/mol. The highest BCUT2D eigenvalue weighted by molar-refractivity contribution is 5.71. The highest BCUT2D eigenvalue weighted by Crippen LogP contribution is 2.10. The maximum atomic E-state index is 12.8. The normalized spacial score (nSPS) is 13.1. The van der Waals surface area contributed by atoms with Crippen LogP contribution < -0.4 is 0 Å². The number of hydrogen-bond acceptors (Lipinski definition) is 6. The molecule has 0 rings (SSSR count). The van der Waals surface area contributed by atoms with E-state index in [0.717, 1.165) is 83.5 Å². The summed E-state index contributed by atoms with van der Waals surface area (Å²) in [4.78, 5) is 37.9. The number of ether oxygens (including phenoxy) is 3. The summed E-state index contributed by atoms with van der Waals surface area (Å²) in [5.41, 5.74) is 0. The van der Waals surface area contributed by atoms with Gasteiger partial charge in [-0.25, -0.2) is 0 Å². The summed E-state index contributed by atoms with van der Waals surface area (Å²) in [6.45, 7) is 6.34. The lowest BCUT2D eigenvalue weighted by molar-refractivity contribution is -0.166. The molecule has 0 heterocycles. The van der Waals surface area contributed by atoms with E-state index in [1.165, 1.54) is 64.2 Å². The summed E-state index contributed by atoms with van der Waals surface area (Å²) >= 11 is 0. The zero-order chi connectivity index (χ0) is 46.5. The third-order valence-electron chi connectivity index (χ3n) is 10.2. The van der Waals surface area contributed by atoms with Crippen molar-refractivity contribution < 1.29 is 28.6 Å². The first-order valence-electron chi connectivity index (χ1n) is 25.5. The summed E-state index contributed by atoms with van der Waals surface area (Å²) in [7, 11) is 0. The van der Waals surface area contributed by atoms with Crippen molar-refractivity contribution in [1.82, 2.24) is 0 Å². The molecule has 6 heteroatoms.